The second-order valence-corrected chi connectivity index (χ2v) is 19.8. The van der Waals surface area contributed by atoms with Crippen LogP contribution >= 0.6 is 0 Å². The highest BCUT2D eigenvalue weighted by Gasteiger charge is 2.53. The summed E-state index contributed by atoms with van der Waals surface area (Å²) in [5, 5.41) is 16.4. The van der Waals surface area contributed by atoms with Crippen molar-refractivity contribution in [3.63, 3.8) is 0 Å². The Balaban J connectivity index is 1.04. The molecule has 0 amide bonds. The van der Waals surface area contributed by atoms with Gasteiger partial charge in [0.1, 0.15) is 36.6 Å². The molecule has 6 aromatic carbocycles. The highest BCUT2D eigenvalue weighted by molar-refractivity contribution is 5.19. The van der Waals surface area contributed by atoms with E-state index in [1.54, 1.807) is 0 Å². The molecule has 22 heteroatoms. The van der Waals surface area contributed by atoms with E-state index >= 15 is 0 Å². The molecule has 14 atom stereocenters. The van der Waals surface area contributed by atoms with E-state index in [1.807, 2.05) is 182 Å². The van der Waals surface area contributed by atoms with E-state index in [0.717, 1.165) is 33.4 Å². The van der Waals surface area contributed by atoms with Crippen molar-refractivity contribution in [2.75, 3.05) is 13.1 Å². The van der Waals surface area contributed by atoms with Gasteiger partial charge in [-0.1, -0.05) is 202 Å². The van der Waals surface area contributed by atoms with E-state index in [0.29, 0.717) is 0 Å². The first kappa shape index (κ1) is 58.8. The zero-order valence-corrected chi connectivity index (χ0v) is 44.9. The topological polar surface area (TPSA) is 287 Å². The predicted molar refractivity (Wildman–Crippen MR) is 300 cm³/mol. The van der Waals surface area contributed by atoms with Crippen LogP contribution < -0.4 is 0 Å². The van der Waals surface area contributed by atoms with Crippen LogP contribution in [0.1, 0.15) is 46.2 Å². The summed E-state index contributed by atoms with van der Waals surface area (Å²) in [6.45, 7) is 0.499. The van der Waals surface area contributed by atoms with Gasteiger partial charge in [0.15, 0.2) is 12.6 Å². The highest BCUT2D eigenvalue weighted by Crippen LogP contribution is 2.39. The third-order valence-corrected chi connectivity index (χ3v) is 14.4. The van der Waals surface area contributed by atoms with E-state index < -0.39 is 85.7 Å². The van der Waals surface area contributed by atoms with Gasteiger partial charge in [-0.05, 0) is 68.3 Å². The number of hydrogen-bond acceptors (Lipinski definition) is 14. The van der Waals surface area contributed by atoms with Crippen LogP contribution in [0.2, 0.25) is 0 Å². The summed E-state index contributed by atoms with van der Waals surface area (Å²) >= 11 is 0. The van der Waals surface area contributed by atoms with Crippen LogP contribution in [0.15, 0.2) is 202 Å². The zero-order valence-electron chi connectivity index (χ0n) is 44.9. The van der Waals surface area contributed by atoms with Crippen molar-refractivity contribution in [3.05, 3.63) is 257 Å². The van der Waals surface area contributed by atoms with Crippen molar-refractivity contribution in [3.8, 4) is 0 Å². The second kappa shape index (κ2) is 31.4. The van der Waals surface area contributed by atoms with E-state index in [1.165, 1.54) is 0 Å². The van der Waals surface area contributed by atoms with E-state index in [9.17, 15) is 22.1 Å². The third kappa shape index (κ3) is 16.6. The first-order chi connectivity index (χ1) is 40.5. The van der Waals surface area contributed by atoms with Crippen LogP contribution in [0.3, 0.4) is 0 Å². The summed E-state index contributed by atoms with van der Waals surface area (Å²) in [5.41, 5.74) is 45.0. The lowest BCUT2D eigenvalue weighted by atomic mass is 9.86. The van der Waals surface area contributed by atoms with Crippen molar-refractivity contribution in [2.24, 2.45) is 20.5 Å². The zero-order chi connectivity index (χ0) is 56.6. The Morgan fingerprint density at radius 1 is 0.341 bits per heavy atom. The van der Waals surface area contributed by atoms with Gasteiger partial charge in [0.2, 0.25) is 0 Å². The molecule has 0 radical (unpaired) electrons. The monoisotopic (exact) mass is 1110 g/mol. The minimum atomic E-state index is -1.26. The third-order valence-electron chi connectivity index (χ3n) is 14.4. The maximum atomic E-state index is 10.2. The molecule has 9 rings (SSSR count). The van der Waals surface area contributed by atoms with Crippen LogP contribution in [-0.4, -0.2) is 98.8 Å². The Labute approximate surface area is 474 Å². The lowest BCUT2D eigenvalue weighted by Crippen LogP contribution is -2.63. The number of benzene rings is 6. The Morgan fingerprint density at radius 3 is 0.854 bits per heavy atom. The predicted octanol–water partition coefficient (Wildman–Crippen LogP) is 12.5. The number of nitrogens with zero attached hydrogens (tertiary/aromatic N) is 12. The van der Waals surface area contributed by atoms with Crippen molar-refractivity contribution in [1.29, 1.82) is 0 Å². The lowest BCUT2D eigenvalue weighted by molar-refractivity contribution is -0.340. The minimum absolute atomic E-state index is 0.0463. The number of hydrogen-bond donors (Lipinski definition) is 0. The highest BCUT2D eigenvalue weighted by atomic mass is 16.7. The van der Waals surface area contributed by atoms with Gasteiger partial charge in [-0.25, -0.2) is 0 Å². The van der Waals surface area contributed by atoms with Gasteiger partial charge in [-0.2, -0.15) is 0 Å². The molecule has 0 spiro atoms. The summed E-state index contributed by atoms with van der Waals surface area (Å²) in [6, 6.07) is 55.7. The van der Waals surface area contributed by atoms with Crippen LogP contribution in [0.4, 0.5) is 0 Å². The molecule has 2 saturated heterocycles. The van der Waals surface area contributed by atoms with Gasteiger partial charge >= 0.3 is 0 Å². The van der Waals surface area contributed by atoms with Crippen molar-refractivity contribution < 1.29 is 47.4 Å². The van der Waals surface area contributed by atoms with Gasteiger partial charge in [-0.3, -0.25) is 0 Å². The largest absolute Gasteiger partial charge is 0.368 e. The summed E-state index contributed by atoms with van der Waals surface area (Å²) in [5.74, 6) is 0. The first-order valence-electron chi connectivity index (χ1n) is 27.1. The normalized spacial score (nSPS) is 26.9. The molecule has 0 N–H and O–H groups in total. The maximum Gasteiger partial charge on any atom is 0.187 e. The van der Waals surface area contributed by atoms with Crippen LogP contribution in [0, 0.1) is 0 Å². The Bertz CT molecular complexity index is 2850. The van der Waals surface area contributed by atoms with Crippen molar-refractivity contribution in [1.82, 2.24) is 0 Å². The van der Waals surface area contributed by atoms with Gasteiger partial charge in [0, 0.05) is 19.6 Å². The number of rotatable bonds is 28. The summed E-state index contributed by atoms with van der Waals surface area (Å²) in [4.78, 5) is 12.7. The van der Waals surface area contributed by atoms with E-state index in [2.05, 4.69) is 40.1 Å². The minimum Gasteiger partial charge on any atom is -0.368 e. The average molecular weight is 1110 g/mol. The standard InChI is InChI=1S/C60H64N12O10/c61-69-65-33-51-53(73-35-41-19-7-1-8-20-41)55(75-37-43-23-11-3-12-24-43)57(77-39-45-27-15-5-16-28-45)59(81-51)79-49-31-48(68-72-64)50(32-47(49)67-71-63)80-60-58(78-40-46-29-17-6-18-30-46)56(76-38-44-25-13-4-14-26-44)54(52(82-60)34-66-70-62)74-36-42-21-9-2-10-22-42/h1-30,47-60H,31-40H2/t47-,48-,49-,50-,51-,52+,53-,54+,55+,56-,57-,58+,59+,60-/m0/s1. The fourth-order valence-electron chi connectivity index (χ4n) is 10.3. The number of azide groups is 4. The quantitative estimate of drug-likeness (QED) is 0.0254. The van der Waals surface area contributed by atoms with Gasteiger partial charge in [0.25, 0.3) is 0 Å². The maximum absolute atomic E-state index is 10.2. The molecular formula is C60H64N12O10. The lowest BCUT2D eigenvalue weighted by Gasteiger charge is -2.49. The molecule has 6 aromatic rings. The molecule has 1 saturated carbocycles. The van der Waals surface area contributed by atoms with Crippen molar-refractivity contribution in [2.45, 2.75) is 138 Å². The molecule has 82 heavy (non-hydrogen) atoms. The second-order valence-electron chi connectivity index (χ2n) is 19.8. The summed E-state index contributed by atoms with van der Waals surface area (Å²) in [7, 11) is 0. The van der Waals surface area contributed by atoms with Crippen molar-refractivity contribution >= 4 is 0 Å². The Morgan fingerprint density at radius 2 is 0.598 bits per heavy atom. The molecular weight excluding hydrogens is 1050 g/mol. The summed E-state index contributed by atoms with van der Waals surface area (Å²) < 4.78 is 68.3. The molecule has 0 aromatic heterocycles. The fourth-order valence-corrected chi connectivity index (χ4v) is 10.3. The molecule has 0 unspecified atom stereocenters. The van der Waals surface area contributed by atoms with E-state index in [4.69, 9.17) is 47.4 Å². The Hall–Kier alpha value is -7.84. The van der Waals surface area contributed by atoms with Crippen LogP contribution in [0.5, 0.6) is 0 Å². The number of ether oxygens (including phenoxy) is 10. The molecule has 0 bridgehead atoms. The molecule has 2 heterocycles. The van der Waals surface area contributed by atoms with Crippen LogP contribution in [-0.2, 0) is 87.0 Å². The van der Waals surface area contributed by atoms with Gasteiger partial charge in [0.05, 0.1) is 89.2 Å². The molecule has 2 aliphatic heterocycles. The van der Waals surface area contributed by atoms with E-state index in [-0.39, 0.29) is 65.6 Å². The molecule has 3 aliphatic rings. The Kier molecular flexibility index (Phi) is 22.5. The average Bonchev–Trinajstić information content (AvgIpc) is 3.54. The molecule has 22 nitrogen and oxygen atoms in total. The van der Waals surface area contributed by atoms with Crippen LogP contribution in [0.25, 0.3) is 41.8 Å². The molecule has 1 aliphatic carbocycles. The smallest absolute Gasteiger partial charge is 0.187 e. The molecule has 3 fully saturated rings. The first-order valence-corrected chi connectivity index (χ1v) is 27.1. The SMILES string of the molecule is [N-]=[N+]=NC[C@@H]1O[C@@H](O[C@H]2C[C@H](N=[N+]=[N-])[C@@H](O[C@H]3O[C@H](CN=[N+]=[N-])[C@@H](OCc4ccccc4)[C@H](OCc4ccccc4)[C@H]3OCc3ccccc3)C[C@@H]2N=[N+]=[N-])[C@@H](OCc2ccccc2)[C@H](OCc2ccccc2)[C@H]1OCc1ccccc1. The van der Waals surface area contributed by atoms with Gasteiger partial charge in [-0.15, -0.1) is 0 Å². The van der Waals surface area contributed by atoms with Gasteiger partial charge < -0.3 is 47.4 Å². The fraction of sp³-hybridized carbons (Fsp3) is 0.400. The summed E-state index contributed by atoms with van der Waals surface area (Å²) in [6.07, 6.45) is -12.0. The molecule has 424 valence electrons.